The second-order valence-corrected chi connectivity index (χ2v) is 5.57. The Balaban J connectivity index is 1.72. The van der Waals surface area contributed by atoms with Crippen LogP contribution in [-0.4, -0.2) is 30.3 Å². The van der Waals surface area contributed by atoms with Crippen LogP contribution in [0.1, 0.15) is 24.8 Å². The number of fused-ring (bicyclic) bond motifs is 2. The summed E-state index contributed by atoms with van der Waals surface area (Å²) in [7, 11) is 0. The molecule has 1 aliphatic carbocycles. The maximum Gasteiger partial charge on any atom is 0.298 e. The SMILES string of the molecule is Cc1ccc2oc(N3CCOC4CCCC43)nc2c1. The van der Waals surface area contributed by atoms with Gasteiger partial charge >= 0.3 is 0 Å². The lowest BCUT2D eigenvalue weighted by molar-refractivity contribution is 0.0237. The lowest BCUT2D eigenvalue weighted by Crippen LogP contribution is -2.48. The summed E-state index contributed by atoms with van der Waals surface area (Å²) >= 11 is 0. The van der Waals surface area contributed by atoms with E-state index in [1.807, 2.05) is 6.07 Å². The Labute approximate surface area is 112 Å². The summed E-state index contributed by atoms with van der Waals surface area (Å²) in [6, 6.07) is 7.36. The van der Waals surface area contributed by atoms with Gasteiger partial charge in [0.2, 0.25) is 0 Å². The van der Waals surface area contributed by atoms with E-state index in [1.165, 1.54) is 24.8 Å². The van der Waals surface area contributed by atoms with E-state index in [1.54, 1.807) is 0 Å². The van der Waals surface area contributed by atoms with Gasteiger partial charge in [-0.25, -0.2) is 0 Å². The van der Waals surface area contributed by atoms with E-state index in [-0.39, 0.29) is 0 Å². The van der Waals surface area contributed by atoms with Crippen molar-refractivity contribution in [2.24, 2.45) is 0 Å². The molecule has 2 heterocycles. The normalized spacial score (nSPS) is 26.9. The van der Waals surface area contributed by atoms with Gasteiger partial charge in [-0.15, -0.1) is 0 Å². The molecular weight excluding hydrogens is 240 g/mol. The number of morpholine rings is 1. The predicted octanol–water partition coefficient (Wildman–Crippen LogP) is 2.89. The molecule has 4 nitrogen and oxygen atoms in total. The van der Waals surface area contributed by atoms with Gasteiger partial charge in [0.25, 0.3) is 6.01 Å². The second kappa shape index (κ2) is 4.23. The molecule has 0 bridgehead atoms. The van der Waals surface area contributed by atoms with Gasteiger partial charge in [-0.1, -0.05) is 6.07 Å². The van der Waals surface area contributed by atoms with Crippen molar-refractivity contribution in [3.05, 3.63) is 23.8 Å². The van der Waals surface area contributed by atoms with E-state index in [9.17, 15) is 0 Å². The zero-order valence-electron chi connectivity index (χ0n) is 11.1. The average Bonchev–Trinajstić information content (AvgIpc) is 3.03. The first kappa shape index (κ1) is 11.3. The molecule has 0 N–H and O–H groups in total. The summed E-state index contributed by atoms with van der Waals surface area (Å²) < 4.78 is 11.8. The van der Waals surface area contributed by atoms with E-state index in [0.717, 1.165) is 30.3 Å². The first-order valence-electron chi connectivity index (χ1n) is 7.07. The van der Waals surface area contributed by atoms with Crippen molar-refractivity contribution in [2.75, 3.05) is 18.1 Å². The van der Waals surface area contributed by atoms with Crippen LogP contribution < -0.4 is 4.90 Å². The Bertz CT molecular complexity index is 607. The van der Waals surface area contributed by atoms with Crippen LogP contribution in [0.5, 0.6) is 0 Å². The molecule has 0 spiro atoms. The fourth-order valence-corrected chi connectivity index (χ4v) is 3.31. The van der Waals surface area contributed by atoms with E-state index in [4.69, 9.17) is 9.15 Å². The van der Waals surface area contributed by atoms with Crippen LogP contribution in [0.4, 0.5) is 6.01 Å². The van der Waals surface area contributed by atoms with Gasteiger partial charge in [0, 0.05) is 6.54 Å². The molecule has 1 aromatic heterocycles. The third-order valence-electron chi connectivity index (χ3n) is 4.26. The quantitative estimate of drug-likeness (QED) is 0.788. The van der Waals surface area contributed by atoms with Crippen LogP contribution in [0.3, 0.4) is 0 Å². The molecular formula is C15H18N2O2. The maximum absolute atomic E-state index is 5.93. The van der Waals surface area contributed by atoms with Crippen LogP contribution in [0.2, 0.25) is 0 Å². The van der Waals surface area contributed by atoms with Gasteiger partial charge in [-0.05, 0) is 43.9 Å². The van der Waals surface area contributed by atoms with Crippen molar-refractivity contribution in [2.45, 2.75) is 38.3 Å². The maximum atomic E-state index is 5.93. The average molecular weight is 258 g/mol. The fraction of sp³-hybridized carbons (Fsp3) is 0.533. The molecule has 100 valence electrons. The Morgan fingerprint density at radius 3 is 3.21 bits per heavy atom. The lowest BCUT2D eigenvalue weighted by atomic mass is 10.1. The van der Waals surface area contributed by atoms with E-state index in [2.05, 4.69) is 28.9 Å². The van der Waals surface area contributed by atoms with Crippen molar-refractivity contribution >= 4 is 17.1 Å². The molecule has 4 rings (SSSR count). The molecule has 2 atom stereocenters. The molecule has 1 aliphatic heterocycles. The molecule has 1 aromatic carbocycles. The number of hydrogen-bond donors (Lipinski definition) is 0. The third kappa shape index (κ3) is 1.82. The van der Waals surface area contributed by atoms with E-state index >= 15 is 0 Å². The van der Waals surface area contributed by atoms with Crippen molar-refractivity contribution in [3.8, 4) is 0 Å². The zero-order chi connectivity index (χ0) is 12.8. The molecule has 19 heavy (non-hydrogen) atoms. The van der Waals surface area contributed by atoms with Gasteiger partial charge in [0.05, 0.1) is 18.8 Å². The molecule has 4 heteroatoms. The van der Waals surface area contributed by atoms with E-state index in [0.29, 0.717) is 12.1 Å². The highest BCUT2D eigenvalue weighted by molar-refractivity contribution is 5.75. The molecule has 2 aliphatic rings. The minimum absolute atomic E-state index is 0.366. The number of oxazole rings is 1. The summed E-state index contributed by atoms with van der Waals surface area (Å²) in [5.74, 6) is 0. The van der Waals surface area contributed by atoms with Crippen molar-refractivity contribution in [3.63, 3.8) is 0 Å². The molecule has 1 saturated heterocycles. The number of anilines is 1. The third-order valence-corrected chi connectivity index (χ3v) is 4.26. The van der Waals surface area contributed by atoms with Crippen LogP contribution in [-0.2, 0) is 4.74 Å². The van der Waals surface area contributed by atoms with Gasteiger partial charge in [-0.2, -0.15) is 4.98 Å². The Morgan fingerprint density at radius 1 is 1.32 bits per heavy atom. The number of aromatic nitrogens is 1. The van der Waals surface area contributed by atoms with Gasteiger partial charge in [-0.3, -0.25) is 0 Å². The Kier molecular flexibility index (Phi) is 2.52. The molecule has 2 unspecified atom stereocenters. The van der Waals surface area contributed by atoms with Crippen LogP contribution in [0.15, 0.2) is 22.6 Å². The lowest BCUT2D eigenvalue weighted by Gasteiger charge is -2.36. The van der Waals surface area contributed by atoms with E-state index < -0.39 is 0 Å². The number of benzene rings is 1. The monoisotopic (exact) mass is 258 g/mol. The molecule has 2 fully saturated rings. The van der Waals surface area contributed by atoms with Crippen LogP contribution >= 0.6 is 0 Å². The second-order valence-electron chi connectivity index (χ2n) is 5.57. The number of ether oxygens (including phenoxy) is 1. The fourth-order valence-electron chi connectivity index (χ4n) is 3.31. The summed E-state index contributed by atoms with van der Waals surface area (Å²) in [6.07, 6.45) is 3.96. The number of hydrogen-bond acceptors (Lipinski definition) is 4. The topological polar surface area (TPSA) is 38.5 Å². The van der Waals surface area contributed by atoms with Gasteiger partial charge < -0.3 is 14.1 Å². The Hall–Kier alpha value is -1.55. The summed E-state index contributed by atoms with van der Waals surface area (Å²) in [5.41, 5.74) is 3.05. The summed E-state index contributed by atoms with van der Waals surface area (Å²) in [5, 5.41) is 0. The van der Waals surface area contributed by atoms with Crippen LogP contribution in [0.25, 0.3) is 11.1 Å². The molecule has 0 amide bonds. The van der Waals surface area contributed by atoms with Gasteiger partial charge in [0.15, 0.2) is 5.58 Å². The minimum Gasteiger partial charge on any atom is -0.423 e. The number of nitrogens with zero attached hydrogens (tertiary/aromatic N) is 2. The largest absolute Gasteiger partial charge is 0.423 e. The number of aryl methyl sites for hydroxylation is 1. The van der Waals surface area contributed by atoms with Crippen LogP contribution in [0, 0.1) is 6.92 Å². The van der Waals surface area contributed by atoms with Gasteiger partial charge in [0.1, 0.15) is 5.52 Å². The highest BCUT2D eigenvalue weighted by Gasteiger charge is 2.38. The molecule has 2 aromatic rings. The summed E-state index contributed by atoms with van der Waals surface area (Å²) in [6.45, 7) is 3.74. The zero-order valence-corrected chi connectivity index (χ0v) is 11.1. The minimum atomic E-state index is 0.366. The highest BCUT2D eigenvalue weighted by atomic mass is 16.5. The standard InChI is InChI=1S/C15H18N2O2/c1-10-5-6-13-11(9-10)16-15(19-13)17-7-8-18-14-4-2-3-12(14)17/h5-6,9,12,14H,2-4,7-8H2,1H3. The first-order valence-corrected chi connectivity index (χ1v) is 7.07. The first-order chi connectivity index (χ1) is 9.31. The number of rotatable bonds is 1. The highest BCUT2D eigenvalue weighted by Crippen LogP contribution is 2.34. The van der Waals surface area contributed by atoms with Crippen molar-refractivity contribution in [1.82, 2.24) is 4.98 Å². The van der Waals surface area contributed by atoms with Crippen molar-refractivity contribution in [1.29, 1.82) is 0 Å². The van der Waals surface area contributed by atoms with Crippen molar-refractivity contribution < 1.29 is 9.15 Å². The Morgan fingerprint density at radius 2 is 2.26 bits per heavy atom. The molecule has 1 saturated carbocycles. The molecule has 0 radical (unpaired) electrons. The smallest absolute Gasteiger partial charge is 0.298 e. The predicted molar refractivity (Wildman–Crippen MR) is 73.5 cm³/mol. The summed E-state index contributed by atoms with van der Waals surface area (Å²) in [4.78, 5) is 6.96.